The average Bonchev–Trinajstić information content (AvgIpc) is 2.29. The summed E-state index contributed by atoms with van der Waals surface area (Å²) in [7, 11) is 0. The molecule has 0 fully saturated rings. The van der Waals surface area contributed by atoms with E-state index in [0.717, 1.165) is 12.0 Å². The molecule has 0 unspecified atom stereocenters. The first-order valence-corrected chi connectivity index (χ1v) is 5.75. The van der Waals surface area contributed by atoms with Gasteiger partial charge in [0, 0.05) is 6.04 Å². The molecule has 0 saturated carbocycles. The van der Waals surface area contributed by atoms with E-state index >= 15 is 0 Å². The molecule has 0 saturated heterocycles. The highest BCUT2D eigenvalue weighted by atomic mass is 16.2. The number of rotatable bonds is 4. The van der Waals surface area contributed by atoms with Crippen LogP contribution >= 0.6 is 0 Å². The minimum Gasteiger partial charge on any atom is -0.336 e. The van der Waals surface area contributed by atoms with E-state index in [1.165, 1.54) is 0 Å². The SMILES string of the molecule is CC[C@@H](C)NC(=O)N[C@@H](C)c1ccccc1. The van der Waals surface area contributed by atoms with Crippen LogP contribution in [0.25, 0.3) is 0 Å². The summed E-state index contributed by atoms with van der Waals surface area (Å²) in [5.41, 5.74) is 1.11. The van der Waals surface area contributed by atoms with Gasteiger partial charge in [0.05, 0.1) is 6.04 Å². The fraction of sp³-hybridized carbons (Fsp3) is 0.462. The van der Waals surface area contributed by atoms with Crippen LogP contribution in [0.3, 0.4) is 0 Å². The Bertz CT molecular complexity index is 324. The molecule has 88 valence electrons. The molecule has 1 aromatic carbocycles. The number of carbonyl (C=O) groups is 1. The van der Waals surface area contributed by atoms with Gasteiger partial charge in [-0.3, -0.25) is 0 Å². The Hall–Kier alpha value is -1.51. The molecule has 2 atom stereocenters. The van der Waals surface area contributed by atoms with E-state index in [4.69, 9.17) is 0 Å². The van der Waals surface area contributed by atoms with Crippen molar-refractivity contribution in [3.63, 3.8) is 0 Å². The number of nitrogens with one attached hydrogen (secondary N) is 2. The highest BCUT2D eigenvalue weighted by Crippen LogP contribution is 2.10. The van der Waals surface area contributed by atoms with Crippen molar-refractivity contribution in [2.24, 2.45) is 0 Å². The zero-order valence-electron chi connectivity index (χ0n) is 10.2. The van der Waals surface area contributed by atoms with Crippen LogP contribution in [0.15, 0.2) is 30.3 Å². The summed E-state index contributed by atoms with van der Waals surface area (Å²) in [5.74, 6) is 0. The molecule has 0 spiro atoms. The van der Waals surface area contributed by atoms with E-state index in [0.29, 0.717) is 0 Å². The van der Waals surface area contributed by atoms with Crippen molar-refractivity contribution in [2.45, 2.75) is 39.3 Å². The molecule has 3 heteroatoms. The Balaban J connectivity index is 2.46. The van der Waals surface area contributed by atoms with Gasteiger partial charge in [0.2, 0.25) is 0 Å². The van der Waals surface area contributed by atoms with Crippen molar-refractivity contribution in [3.05, 3.63) is 35.9 Å². The van der Waals surface area contributed by atoms with Gasteiger partial charge in [0.15, 0.2) is 0 Å². The summed E-state index contributed by atoms with van der Waals surface area (Å²) >= 11 is 0. The van der Waals surface area contributed by atoms with E-state index in [1.807, 2.05) is 51.1 Å². The molecule has 0 aromatic heterocycles. The van der Waals surface area contributed by atoms with Crippen molar-refractivity contribution in [3.8, 4) is 0 Å². The molecule has 1 aromatic rings. The molecule has 0 aliphatic carbocycles. The zero-order chi connectivity index (χ0) is 12.0. The maximum absolute atomic E-state index is 11.6. The van der Waals surface area contributed by atoms with Crippen LogP contribution in [0, 0.1) is 0 Å². The van der Waals surface area contributed by atoms with Crippen molar-refractivity contribution >= 4 is 6.03 Å². The van der Waals surface area contributed by atoms with E-state index in [-0.39, 0.29) is 18.1 Å². The lowest BCUT2D eigenvalue weighted by molar-refractivity contribution is 0.234. The lowest BCUT2D eigenvalue weighted by Gasteiger charge is -2.17. The van der Waals surface area contributed by atoms with E-state index in [9.17, 15) is 4.79 Å². The van der Waals surface area contributed by atoms with Crippen LogP contribution in [-0.2, 0) is 0 Å². The third kappa shape index (κ3) is 3.93. The highest BCUT2D eigenvalue weighted by Gasteiger charge is 2.09. The molecule has 0 radical (unpaired) electrons. The van der Waals surface area contributed by atoms with Crippen LogP contribution in [0.2, 0.25) is 0 Å². The molecule has 1 rings (SSSR count). The highest BCUT2D eigenvalue weighted by molar-refractivity contribution is 5.74. The van der Waals surface area contributed by atoms with Crippen LogP contribution in [-0.4, -0.2) is 12.1 Å². The Labute approximate surface area is 97.2 Å². The Kier molecular flexibility index (Phi) is 4.83. The number of amides is 2. The summed E-state index contributed by atoms with van der Waals surface area (Å²) in [5, 5.41) is 5.79. The monoisotopic (exact) mass is 220 g/mol. The molecule has 3 nitrogen and oxygen atoms in total. The van der Waals surface area contributed by atoms with Crippen molar-refractivity contribution in [2.75, 3.05) is 0 Å². The minimum absolute atomic E-state index is 0.0326. The Morgan fingerprint density at radius 3 is 2.38 bits per heavy atom. The van der Waals surface area contributed by atoms with Gasteiger partial charge in [-0.1, -0.05) is 37.3 Å². The summed E-state index contributed by atoms with van der Waals surface area (Å²) in [6.45, 7) is 6.02. The standard InChI is InChI=1S/C13H20N2O/c1-4-10(2)14-13(16)15-11(3)12-8-6-5-7-9-12/h5-11H,4H2,1-3H3,(H2,14,15,16)/t10-,11+/m1/s1. The third-order valence-corrected chi connectivity index (χ3v) is 2.64. The molecule has 0 bridgehead atoms. The Morgan fingerprint density at radius 2 is 1.81 bits per heavy atom. The van der Waals surface area contributed by atoms with Crippen LogP contribution in [0.4, 0.5) is 4.79 Å². The van der Waals surface area contributed by atoms with E-state index < -0.39 is 0 Å². The second-order valence-corrected chi connectivity index (χ2v) is 4.06. The smallest absolute Gasteiger partial charge is 0.315 e. The topological polar surface area (TPSA) is 41.1 Å². The lowest BCUT2D eigenvalue weighted by atomic mass is 10.1. The van der Waals surface area contributed by atoms with Crippen molar-refractivity contribution < 1.29 is 4.79 Å². The third-order valence-electron chi connectivity index (χ3n) is 2.64. The van der Waals surface area contributed by atoms with Gasteiger partial charge in [-0.05, 0) is 25.8 Å². The van der Waals surface area contributed by atoms with Gasteiger partial charge >= 0.3 is 6.03 Å². The maximum Gasteiger partial charge on any atom is 0.315 e. The van der Waals surface area contributed by atoms with Crippen molar-refractivity contribution in [1.82, 2.24) is 10.6 Å². The molecular weight excluding hydrogens is 200 g/mol. The summed E-state index contributed by atoms with van der Waals surface area (Å²) in [6.07, 6.45) is 0.938. The van der Waals surface area contributed by atoms with Gasteiger partial charge < -0.3 is 10.6 Å². The largest absolute Gasteiger partial charge is 0.336 e. The molecule has 16 heavy (non-hydrogen) atoms. The predicted octanol–water partition coefficient (Wildman–Crippen LogP) is 2.85. The molecule has 0 aliphatic heterocycles. The maximum atomic E-state index is 11.6. The van der Waals surface area contributed by atoms with Gasteiger partial charge in [-0.25, -0.2) is 4.79 Å². The second kappa shape index (κ2) is 6.16. The Morgan fingerprint density at radius 1 is 1.19 bits per heavy atom. The number of carbonyl (C=O) groups excluding carboxylic acids is 1. The number of hydrogen-bond acceptors (Lipinski definition) is 1. The number of benzene rings is 1. The molecule has 0 heterocycles. The summed E-state index contributed by atoms with van der Waals surface area (Å²) < 4.78 is 0. The first-order valence-electron chi connectivity index (χ1n) is 5.75. The van der Waals surface area contributed by atoms with Gasteiger partial charge in [-0.15, -0.1) is 0 Å². The minimum atomic E-state index is -0.106. The average molecular weight is 220 g/mol. The van der Waals surface area contributed by atoms with Crippen LogP contribution < -0.4 is 10.6 Å². The first kappa shape index (κ1) is 12.6. The van der Waals surface area contributed by atoms with Crippen LogP contribution in [0.1, 0.15) is 38.8 Å². The predicted molar refractivity (Wildman–Crippen MR) is 66.3 cm³/mol. The van der Waals surface area contributed by atoms with E-state index in [2.05, 4.69) is 10.6 Å². The molecule has 2 amide bonds. The zero-order valence-corrected chi connectivity index (χ0v) is 10.2. The van der Waals surface area contributed by atoms with Gasteiger partial charge in [0.25, 0.3) is 0 Å². The number of urea groups is 1. The molecule has 2 N–H and O–H groups in total. The summed E-state index contributed by atoms with van der Waals surface area (Å²) in [6, 6.07) is 10.1. The fourth-order valence-corrected chi connectivity index (χ4v) is 1.39. The molecular formula is C13H20N2O. The summed E-state index contributed by atoms with van der Waals surface area (Å²) in [4.78, 5) is 11.6. The van der Waals surface area contributed by atoms with E-state index in [1.54, 1.807) is 0 Å². The molecule has 0 aliphatic rings. The van der Waals surface area contributed by atoms with Crippen LogP contribution in [0.5, 0.6) is 0 Å². The van der Waals surface area contributed by atoms with Crippen molar-refractivity contribution in [1.29, 1.82) is 0 Å². The fourth-order valence-electron chi connectivity index (χ4n) is 1.39. The van der Waals surface area contributed by atoms with Gasteiger partial charge in [-0.2, -0.15) is 0 Å². The second-order valence-electron chi connectivity index (χ2n) is 4.06. The lowest BCUT2D eigenvalue weighted by Crippen LogP contribution is -2.41. The quantitative estimate of drug-likeness (QED) is 0.805. The van der Waals surface area contributed by atoms with Gasteiger partial charge in [0.1, 0.15) is 0 Å². The number of hydrogen-bond donors (Lipinski definition) is 2. The normalized spacial score (nSPS) is 13.9. The first-order chi connectivity index (χ1) is 7.63.